The van der Waals surface area contributed by atoms with E-state index in [1.807, 2.05) is 19.9 Å². The van der Waals surface area contributed by atoms with Gasteiger partial charge in [0.2, 0.25) is 0 Å². The number of nitrogens with two attached hydrogens (primary N) is 1. The summed E-state index contributed by atoms with van der Waals surface area (Å²) in [5, 5.41) is 2.49. The van der Waals surface area contributed by atoms with E-state index in [0.29, 0.717) is 11.4 Å². The largest absolute Gasteiger partial charge is 0.483 e. The van der Waals surface area contributed by atoms with E-state index in [1.165, 1.54) is 0 Å². The molecule has 1 rings (SSSR count). The van der Waals surface area contributed by atoms with Gasteiger partial charge in [-0.05, 0) is 25.0 Å². The first kappa shape index (κ1) is 11.4. The van der Waals surface area contributed by atoms with Gasteiger partial charge in [-0.3, -0.25) is 4.79 Å². The van der Waals surface area contributed by atoms with Gasteiger partial charge >= 0.3 is 0 Å². The first-order chi connectivity index (χ1) is 7.04. The zero-order valence-corrected chi connectivity index (χ0v) is 9.26. The lowest BCUT2D eigenvalue weighted by molar-refractivity contribution is -0.122. The highest BCUT2D eigenvalue weighted by atomic mass is 16.5. The third-order valence-corrected chi connectivity index (χ3v) is 2.20. The molecule has 1 aromatic rings. The quantitative estimate of drug-likeness (QED) is 0.729. The first-order valence-electron chi connectivity index (χ1n) is 4.74. The maximum atomic E-state index is 11.0. The van der Waals surface area contributed by atoms with Crippen molar-refractivity contribution in [3.8, 4) is 5.75 Å². The molecule has 1 aromatic carbocycles. The molecule has 0 radical (unpaired) electrons. The molecule has 0 heterocycles. The van der Waals surface area contributed by atoms with Crippen molar-refractivity contribution in [2.45, 2.75) is 13.8 Å². The highest BCUT2D eigenvalue weighted by Gasteiger charge is 2.05. The second kappa shape index (κ2) is 4.68. The van der Waals surface area contributed by atoms with E-state index in [2.05, 4.69) is 5.32 Å². The molecule has 0 atom stereocenters. The van der Waals surface area contributed by atoms with Gasteiger partial charge in [0.1, 0.15) is 5.75 Å². The molecule has 3 N–H and O–H groups in total. The van der Waals surface area contributed by atoms with Crippen molar-refractivity contribution in [3.63, 3.8) is 0 Å². The lowest BCUT2D eigenvalue weighted by Crippen LogP contribution is -2.25. The molecule has 0 fully saturated rings. The Balaban J connectivity index is 2.77. The molecule has 4 heteroatoms. The van der Waals surface area contributed by atoms with Crippen molar-refractivity contribution in [2.24, 2.45) is 0 Å². The number of likely N-dealkylation sites (N-methyl/N-ethyl adjacent to an activating group) is 1. The second-order valence-corrected chi connectivity index (χ2v) is 3.44. The van der Waals surface area contributed by atoms with Crippen LogP contribution in [0.2, 0.25) is 0 Å². The number of anilines is 1. The number of carbonyl (C=O) groups is 1. The molecule has 1 amide bonds. The van der Waals surface area contributed by atoms with Crippen molar-refractivity contribution < 1.29 is 9.53 Å². The summed E-state index contributed by atoms with van der Waals surface area (Å²) < 4.78 is 5.33. The smallest absolute Gasteiger partial charge is 0.257 e. The number of rotatable bonds is 3. The maximum absolute atomic E-state index is 11.0. The zero-order chi connectivity index (χ0) is 11.4. The van der Waals surface area contributed by atoms with Gasteiger partial charge in [0.25, 0.3) is 5.91 Å². The lowest BCUT2D eigenvalue weighted by Gasteiger charge is -2.10. The number of hydrogen-bond donors (Lipinski definition) is 2. The minimum Gasteiger partial charge on any atom is -0.483 e. The van der Waals surface area contributed by atoms with E-state index in [0.717, 1.165) is 11.1 Å². The molecule has 0 bridgehead atoms. The molecule has 0 saturated carbocycles. The minimum atomic E-state index is -0.159. The van der Waals surface area contributed by atoms with Crippen molar-refractivity contribution >= 4 is 11.6 Å². The lowest BCUT2D eigenvalue weighted by atomic mass is 10.1. The standard InChI is InChI=1S/C11H16N2O2/c1-7-4-8(2)10(5-9(7)12)15-6-11(14)13-3/h4-5H,6,12H2,1-3H3,(H,13,14). The molecule has 0 aromatic heterocycles. The Labute approximate surface area is 89.4 Å². The Morgan fingerprint density at radius 3 is 2.67 bits per heavy atom. The fourth-order valence-corrected chi connectivity index (χ4v) is 1.22. The van der Waals surface area contributed by atoms with Crippen LogP contribution in [0.4, 0.5) is 5.69 Å². The average Bonchev–Trinajstić information content (AvgIpc) is 2.21. The zero-order valence-electron chi connectivity index (χ0n) is 9.26. The highest BCUT2D eigenvalue weighted by molar-refractivity contribution is 5.77. The van der Waals surface area contributed by atoms with Gasteiger partial charge in [-0.2, -0.15) is 0 Å². The van der Waals surface area contributed by atoms with Crippen molar-refractivity contribution in [1.29, 1.82) is 0 Å². The second-order valence-electron chi connectivity index (χ2n) is 3.44. The molecule has 0 aliphatic heterocycles. The topological polar surface area (TPSA) is 64.3 Å². The summed E-state index contributed by atoms with van der Waals surface area (Å²) in [4.78, 5) is 11.0. The van der Waals surface area contributed by atoms with Gasteiger partial charge in [0.05, 0.1) is 0 Å². The van der Waals surface area contributed by atoms with Crippen LogP contribution in [0.1, 0.15) is 11.1 Å². The number of carbonyl (C=O) groups excluding carboxylic acids is 1. The third-order valence-electron chi connectivity index (χ3n) is 2.20. The molecule has 0 saturated heterocycles. The van der Waals surface area contributed by atoms with E-state index < -0.39 is 0 Å². The van der Waals surface area contributed by atoms with Crippen molar-refractivity contribution in [3.05, 3.63) is 23.3 Å². The molecule has 0 spiro atoms. The normalized spacial score (nSPS) is 9.80. The van der Waals surface area contributed by atoms with Crippen LogP contribution in [0.25, 0.3) is 0 Å². The van der Waals surface area contributed by atoms with Crippen LogP contribution in [-0.4, -0.2) is 19.6 Å². The van der Waals surface area contributed by atoms with Gasteiger partial charge in [-0.25, -0.2) is 0 Å². The Hall–Kier alpha value is -1.71. The summed E-state index contributed by atoms with van der Waals surface area (Å²) in [5.74, 6) is 0.496. The van der Waals surface area contributed by atoms with Gasteiger partial charge in [-0.15, -0.1) is 0 Å². The number of ether oxygens (including phenoxy) is 1. The highest BCUT2D eigenvalue weighted by Crippen LogP contribution is 2.24. The fraction of sp³-hybridized carbons (Fsp3) is 0.364. The molecule has 0 unspecified atom stereocenters. The SMILES string of the molecule is CNC(=O)COc1cc(N)c(C)cc1C. The van der Waals surface area contributed by atoms with Crippen LogP contribution < -0.4 is 15.8 Å². The third kappa shape index (κ3) is 2.87. The number of nitrogen functional groups attached to an aromatic ring is 1. The number of hydrogen-bond acceptors (Lipinski definition) is 3. The predicted molar refractivity (Wildman–Crippen MR) is 59.9 cm³/mol. The molecule has 0 aliphatic rings. The minimum absolute atomic E-state index is 0.0137. The Kier molecular flexibility index (Phi) is 3.55. The Bertz CT molecular complexity index is 375. The van der Waals surface area contributed by atoms with E-state index >= 15 is 0 Å². The predicted octanol–water partition coefficient (Wildman–Crippen LogP) is 1.01. The molecule has 82 valence electrons. The average molecular weight is 208 g/mol. The van der Waals surface area contributed by atoms with Crippen LogP contribution in [0.3, 0.4) is 0 Å². The van der Waals surface area contributed by atoms with Crippen LogP contribution >= 0.6 is 0 Å². The first-order valence-corrected chi connectivity index (χ1v) is 4.74. The van der Waals surface area contributed by atoms with Gasteiger partial charge in [0, 0.05) is 18.8 Å². The number of aryl methyl sites for hydroxylation is 2. The fourth-order valence-electron chi connectivity index (χ4n) is 1.22. The molecule has 15 heavy (non-hydrogen) atoms. The van der Waals surface area contributed by atoms with Crippen LogP contribution in [0.5, 0.6) is 5.75 Å². The number of nitrogens with one attached hydrogen (secondary N) is 1. The van der Waals surface area contributed by atoms with Gasteiger partial charge in [-0.1, -0.05) is 6.07 Å². The molecule has 4 nitrogen and oxygen atoms in total. The maximum Gasteiger partial charge on any atom is 0.257 e. The van der Waals surface area contributed by atoms with Crippen LogP contribution in [-0.2, 0) is 4.79 Å². The number of amides is 1. The van der Waals surface area contributed by atoms with E-state index in [-0.39, 0.29) is 12.5 Å². The summed E-state index contributed by atoms with van der Waals surface area (Å²) in [6.45, 7) is 3.87. The number of benzene rings is 1. The summed E-state index contributed by atoms with van der Waals surface area (Å²) in [6.07, 6.45) is 0. The molecular weight excluding hydrogens is 192 g/mol. The Morgan fingerprint density at radius 1 is 1.40 bits per heavy atom. The van der Waals surface area contributed by atoms with Crippen molar-refractivity contribution in [2.75, 3.05) is 19.4 Å². The van der Waals surface area contributed by atoms with Crippen LogP contribution in [0.15, 0.2) is 12.1 Å². The summed E-state index contributed by atoms with van der Waals surface area (Å²) in [7, 11) is 1.57. The van der Waals surface area contributed by atoms with Gasteiger partial charge < -0.3 is 15.8 Å². The van der Waals surface area contributed by atoms with Gasteiger partial charge in [0.15, 0.2) is 6.61 Å². The summed E-state index contributed by atoms with van der Waals surface area (Å²) >= 11 is 0. The molecule has 0 aliphatic carbocycles. The van der Waals surface area contributed by atoms with E-state index in [1.54, 1.807) is 13.1 Å². The van der Waals surface area contributed by atoms with Crippen LogP contribution in [0, 0.1) is 13.8 Å². The molecular formula is C11H16N2O2. The monoisotopic (exact) mass is 208 g/mol. The summed E-state index contributed by atoms with van der Waals surface area (Å²) in [5.41, 5.74) is 8.41. The van der Waals surface area contributed by atoms with Crippen molar-refractivity contribution in [1.82, 2.24) is 5.32 Å². The Morgan fingerprint density at radius 2 is 2.07 bits per heavy atom. The summed E-state index contributed by atoms with van der Waals surface area (Å²) in [6, 6.07) is 3.68. The van der Waals surface area contributed by atoms with E-state index in [9.17, 15) is 4.79 Å². The van der Waals surface area contributed by atoms with E-state index in [4.69, 9.17) is 10.5 Å².